The lowest BCUT2D eigenvalue weighted by atomic mass is 10.2. The number of hydrogen-bond acceptors (Lipinski definition) is 3. The van der Waals surface area contributed by atoms with Crippen molar-refractivity contribution in [2.75, 3.05) is 18.5 Å². The van der Waals surface area contributed by atoms with Crippen molar-refractivity contribution in [3.05, 3.63) is 24.3 Å². The van der Waals surface area contributed by atoms with Crippen molar-refractivity contribution in [2.45, 2.75) is 46.6 Å². The number of carbonyl (C=O) groups is 1. The van der Waals surface area contributed by atoms with Crippen molar-refractivity contribution in [3.8, 4) is 5.75 Å². The molecule has 21 heavy (non-hydrogen) atoms. The van der Waals surface area contributed by atoms with Gasteiger partial charge in [0.05, 0.1) is 6.61 Å². The van der Waals surface area contributed by atoms with Crippen LogP contribution in [0.4, 0.5) is 5.69 Å². The van der Waals surface area contributed by atoms with Gasteiger partial charge >= 0.3 is 0 Å². The van der Waals surface area contributed by atoms with Crippen LogP contribution in [-0.4, -0.2) is 25.1 Å². The lowest BCUT2D eigenvalue weighted by molar-refractivity contribution is -0.116. The Hall–Kier alpha value is -1.55. The zero-order valence-electron chi connectivity index (χ0n) is 13.6. The van der Waals surface area contributed by atoms with E-state index in [0.29, 0.717) is 25.0 Å². The van der Waals surface area contributed by atoms with Gasteiger partial charge in [0.25, 0.3) is 0 Å². The minimum atomic E-state index is 0.0431. The van der Waals surface area contributed by atoms with Gasteiger partial charge in [-0.25, -0.2) is 0 Å². The molecule has 0 unspecified atom stereocenters. The van der Waals surface area contributed by atoms with Gasteiger partial charge in [-0.1, -0.05) is 33.8 Å². The average Bonchev–Trinajstić information content (AvgIpc) is 2.41. The molecule has 1 amide bonds. The summed E-state index contributed by atoms with van der Waals surface area (Å²) in [5.74, 6) is 1.32. The smallest absolute Gasteiger partial charge is 0.224 e. The summed E-state index contributed by atoms with van der Waals surface area (Å²) in [7, 11) is 0. The topological polar surface area (TPSA) is 50.4 Å². The summed E-state index contributed by atoms with van der Waals surface area (Å²) in [4.78, 5) is 11.9. The normalized spacial score (nSPS) is 11.0. The van der Waals surface area contributed by atoms with Gasteiger partial charge in [-0.15, -0.1) is 0 Å². The first-order valence-corrected chi connectivity index (χ1v) is 7.73. The lowest BCUT2D eigenvalue weighted by Crippen LogP contribution is -2.24. The third-order valence-electron chi connectivity index (χ3n) is 2.83. The molecule has 1 rings (SSSR count). The molecule has 0 aliphatic carbocycles. The van der Waals surface area contributed by atoms with E-state index in [1.54, 1.807) is 0 Å². The van der Waals surface area contributed by atoms with Crippen LogP contribution in [0.15, 0.2) is 24.3 Å². The molecule has 0 saturated carbocycles. The minimum absolute atomic E-state index is 0.0431. The predicted octanol–water partition coefficient (Wildman–Crippen LogP) is 3.44. The van der Waals surface area contributed by atoms with Crippen LogP contribution in [0.25, 0.3) is 0 Å². The molecule has 4 heteroatoms. The second kappa shape index (κ2) is 9.40. The van der Waals surface area contributed by atoms with Crippen molar-refractivity contribution in [1.29, 1.82) is 0 Å². The zero-order valence-corrected chi connectivity index (χ0v) is 13.6. The summed E-state index contributed by atoms with van der Waals surface area (Å²) >= 11 is 0. The molecule has 0 atom stereocenters. The van der Waals surface area contributed by atoms with E-state index < -0.39 is 0 Å². The largest absolute Gasteiger partial charge is 0.493 e. The molecule has 0 spiro atoms. The Bertz CT molecular complexity index is 431. The van der Waals surface area contributed by atoms with Crippen LogP contribution in [0.3, 0.4) is 0 Å². The van der Waals surface area contributed by atoms with Crippen LogP contribution >= 0.6 is 0 Å². The van der Waals surface area contributed by atoms with Gasteiger partial charge in [0.1, 0.15) is 5.75 Å². The molecule has 0 bridgehead atoms. The minimum Gasteiger partial charge on any atom is -0.493 e. The number of hydrogen-bond donors (Lipinski definition) is 2. The van der Waals surface area contributed by atoms with Crippen LogP contribution in [-0.2, 0) is 4.79 Å². The van der Waals surface area contributed by atoms with Crippen LogP contribution < -0.4 is 15.4 Å². The maximum atomic E-state index is 11.9. The zero-order chi connectivity index (χ0) is 15.7. The molecule has 0 aliphatic rings. The number of nitrogens with one attached hydrogen (secondary N) is 2. The number of rotatable bonds is 9. The van der Waals surface area contributed by atoms with Crippen LogP contribution in [0.2, 0.25) is 0 Å². The van der Waals surface area contributed by atoms with Gasteiger partial charge < -0.3 is 15.4 Å². The van der Waals surface area contributed by atoms with Crippen molar-refractivity contribution in [2.24, 2.45) is 5.92 Å². The molecule has 118 valence electrons. The Kier molecular flexibility index (Phi) is 7.83. The molecule has 4 nitrogen and oxygen atoms in total. The third-order valence-corrected chi connectivity index (χ3v) is 2.83. The number of anilines is 1. The number of benzene rings is 1. The maximum absolute atomic E-state index is 11.9. The third kappa shape index (κ3) is 8.35. The fourth-order valence-electron chi connectivity index (χ4n) is 1.79. The average molecular weight is 292 g/mol. The van der Waals surface area contributed by atoms with E-state index in [2.05, 4.69) is 38.3 Å². The lowest BCUT2D eigenvalue weighted by Gasteiger charge is -2.11. The first-order valence-electron chi connectivity index (χ1n) is 7.73. The molecule has 0 aliphatic heterocycles. The molecule has 0 radical (unpaired) electrons. The summed E-state index contributed by atoms with van der Waals surface area (Å²) in [6, 6.07) is 8.01. The molecule has 0 saturated heterocycles. The fourth-order valence-corrected chi connectivity index (χ4v) is 1.79. The SMILES string of the molecule is CC(C)COc1cccc(NC(=O)CCCNC(C)C)c1. The van der Waals surface area contributed by atoms with E-state index in [0.717, 1.165) is 24.4 Å². The van der Waals surface area contributed by atoms with Gasteiger partial charge in [0, 0.05) is 24.2 Å². The Morgan fingerprint density at radius 2 is 2.00 bits per heavy atom. The summed E-state index contributed by atoms with van der Waals surface area (Å²) in [5.41, 5.74) is 0.790. The highest BCUT2D eigenvalue weighted by molar-refractivity contribution is 5.90. The van der Waals surface area contributed by atoms with Crippen molar-refractivity contribution < 1.29 is 9.53 Å². The Morgan fingerprint density at radius 3 is 2.67 bits per heavy atom. The van der Waals surface area contributed by atoms with Crippen LogP contribution in [0.1, 0.15) is 40.5 Å². The van der Waals surface area contributed by atoms with Crippen molar-refractivity contribution in [1.82, 2.24) is 5.32 Å². The van der Waals surface area contributed by atoms with Gasteiger partial charge in [-0.2, -0.15) is 0 Å². The summed E-state index contributed by atoms with van der Waals surface area (Å²) < 4.78 is 5.65. The van der Waals surface area contributed by atoms with E-state index >= 15 is 0 Å². The second-order valence-corrected chi connectivity index (χ2v) is 5.99. The predicted molar refractivity (Wildman–Crippen MR) is 87.8 cm³/mol. The number of amides is 1. The summed E-state index contributed by atoms with van der Waals surface area (Å²) in [5, 5.41) is 6.21. The van der Waals surface area contributed by atoms with Gasteiger partial charge in [0.2, 0.25) is 5.91 Å². The molecule has 2 N–H and O–H groups in total. The molecule has 0 heterocycles. The highest BCUT2D eigenvalue weighted by atomic mass is 16.5. The van der Waals surface area contributed by atoms with Crippen molar-refractivity contribution in [3.63, 3.8) is 0 Å². The highest BCUT2D eigenvalue weighted by Gasteiger charge is 2.04. The van der Waals surface area contributed by atoms with E-state index in [1.807, 2.05) is 24.3 Å². The monoisotopic (exact) mass is 292 g/mol. The molecule has 0 aromatic heterocycles. The Balaban J connectivity index is 2.36. The van der Waals surface area contributed by atoms with E-state index in [9.17, 15) is 4.79 Å². The van der Waals surface area contributed by atoms with Crippen molar-refractivity contribution >= 4 is 11.6 Å². The number of ether oxygens (including phenoxy) is 1. The molecular formula is C17H28N2O2. The van der Waals surface area contributed by atoms with Crippen LogP contribution in [0.5, 0.6) is 5.75 Å². The second-order valence-electron chi connectivity index (χ2n) is 5.99. The maximum Gasteiger partial charge on any atom is 0.224 e. The van der Waals surface area contributed by atoms with E-state index in [1.165, 1.54) is 0 Å². The van der Waals surface area contributed by atoms with Gasteiger partial charge in [-0.05, 0) is 31.0 Å². The molecular weight excluding hydrogens is 264 g/mol. The molecule has 1 aromatic rings. The molecule has 1 aromatic carbocycles. The Labute approximate surface area is 128 Å². The van der Waals surface area contributed by atoms with E-state index in [4.69, 9.17) is 4.74 Å². The number of carbonyl (C=O) groups excluding carboxylic acids is 1. The Morgan fingerprint density at radius 1 is 1.24 bits per heavy atom. The van der Waals surface area contributed by atoms with Gasteiger partial charge in [0.15, 0.2) is 0 Å². The standard InChI is InChI=1S/C17H28N2O2/c1-13(2)12-21-16-8-5-7-15(11-16)19-17(20)9-6-10-18-14(3)4/h5,7-8,11,13-14,18H,6,9-10,12H2,1-4H3,(H,19,20). The summed E-state index contributed by atoms with van der Waals surface area (Å²) in [6.45, 7) is 9.96. The summed E-state index contributed by atoms with van der Waals surface area (Å²) in [6.07, 6.45) is 1.37. The van der Waals surface area contributed by atoms with Gasteiger partial charge in [-0.3, -0.25) is 4.79 Å². The van der Waals surface area contributed by atoms with Crippen LogP contribution in [0, 0.1) is 5.92 Å². The molecule has 0 fully saturated rings. The van der Waals surface area contributed by atoms with E-state index in [-0.39, 0.29) is 5.91 Å². The highest BCUT2D eigenvalue weighted by Crippen LogP contribution is 2.18. The quantitative estimate of drug-likeness (QED) is 0.686. The first kappa shape index (κ1) is 17.5. The first-order chi connectivity index (χ1) is 9.97. The fraction of sp³-hybridized carbons (Fsp3) is 0.588.